The lowest BCUT2D eigenvalue weighted by molar-refractivity contribution is 0.0780. The van der Waals surface area contributed by atoms with Crippen LogP contribution in [0.1, 0.15) is 31.8 Å². The second-order valence-corrected chi connectivity index (χ2v) is 7.46. The van der Waals surface area contributed by atoms with Crippen LogP contribution in [0.2, 0.25) is 5.02 Å². The molecule has 0 aromatic heterocycles. The lowest BCUT2D eigenvalue weighted by Crippen LogP contribution is -2.28. The summed E-state index contributed by atoms with van der Waals surface area (Å²) in [6.45, 7) is 1.41. The van der Waals surface area contributed by atoms with Crippen molar-refractivity contribution in [3.05, 3.63) is 94.0 Å². The molecule has 1 heterocycles. The van der Waals surface area contributed by atoms with E-state index >= 15 is 0 Å². The van der Waals surface area contributed by atoms with Gasteiger partial charge < -0.3 is 14.4 Å². The first-order valence-electron chi connectivity index (χ1n) is 9.56. The molecule has 1 aliphatic rings. The van der Waals surface area contributed by atoms with E-state index in [1.54, 1.807) is 60.5 Å². The Morgan fingerprint density at radius 1 is 0.900 bits per heavy atom. The number of nitrogens with zero attached hydrogens (tertiary/aromatic N) is 1. The van der Waals surface area contributed by atoms with Gasteiger partial charge in [0.1, 0.15) is 13.2 Å². The number of ether oxygens (including phenoxy) is 2. The molecule has 0 saturated heterocycles. The van der Waals surface area contributed by atoms with Gasteiger partial charge in [-0.1, -0.05) is 35.9 Å². The Bertz CT molecular complexity index is 1090. The molecule has 1 aliphatic heterocycles. The number of fused-ring (bicyclic) bond motifs is 1. The molecule has 4 rings (SSSR count). The Balaban J connectivity index is 1.56. The van der Waals surface area contributed by atoms with Crippen LogP contribution in [-0.4, -0.2) is 36.9 Å². The van der Waals surface area contributed by atoms with Gasteiger partial charge in [0.2, 0.25) is 0 Å². The van der Waals surface area contributed by atoms with Crippen molar-refractivity contribution in [1.29, 1.82) is 0 Å². The molecule has 0 bridgehead atoms. The third kappa shape index (κ3) is 4.16. The van der Waals surface area contributed by atoms with Crippen LogP contribution in [0, 0.1) is 0 Å². The Kier molecular flexibility index (Phi) is 5.72. The van der Waals surface area contributed by atoms with Gasteiger partial charge in [-0.3, -0.25) is 9.59 Å². The predicted octanol–water partition coefficient (Wildman–Crippen LogP) is 4.61. The van der Waals surface area contributed by atoms with E-state index in [-0.39, 0.29) is 11.7 Å². The van der Waals surface area contributed by atoms with Crippen molar-refractivity contribution in [2.24, 2.45) is 0 Å². The number of benzene rings is 3. The van der Waals surface area contributed by atoms with Crippen molar-refractivity contribution in [1.82, 2.24) is 4.90 Å². The van der Waals surface area contributed by atoms with E-state index in [1.807, 2.05) is 18.2 Å². The molecule has 30 heavy (non-hydrogen) atoms. The molecule has 0 unspecified atom stereocenters. The summed E-state index contributed by atoms with van der Waals surface area (Å²) in [6, 6.07) is 19.1. The molecule has 0 aliphatic carbocycles. The number of carbonyl (C=O) groups excluding carboxylic acids is 2. The molecule has 6 heteroatoms. The first kappa shape index (κ1) is 20.0. The van der Waals surface area contributed by atoms with Gasteiger partial charge in [0.05, 0.1) is 5.56 Å². The van der Waals surface area contributed by atoms with Crippen molar-refractivity contribution >= 4 is 23.3 Å². The van der Waals surface area contributed by atoms with Crippen molar-refractivity contribution < 1.29 is 19.1 Å². The quantitative estimate of drug-likeness (QED) is 0.564. The summed E-state index contributed by atoms with van der Waals surface area (Å²) >= 11 is 5.92. The molecular formula is C24H20ClNO4. The van der Waals surface area contributed by atoms with Crippen LogP contribution < -0.4 is 9.47 Å². The summed E-state index contributed by atoms with van der Waals surface area (Å²) in [7, 11) is 1.71. The Morgan fingerprint density at radius 2 is 1.57 bits per heavy atom. The standard InChI is InChI=1S/C24H20ClNO4/c1-26(15-16-6-11-21-22(14-16)30-13-12-29-21)24(28)20-5-3-2-4-19(20)23(27)17-7-9-18(25)10-8-17/h2-11,14H,12-13,15H2,1H3. The molecule has 0 radical (unpaired) electrons. The number of hydrogen-bond acceptors (Lipinski definition) is 4. The highest BCUT2D eigenvalue weighted by atomic mass is 35.5. The average molecular weight is 422 g/mol. The molecule has 0 fully saturated rings. The zero-order valence-corrected chi connectivity index (χ0v) is 17.2. The van der Waals surface area contributed by atoms with E-state index in [1.165, 1.54) is 0 Å². The van der Waals surface area contributed by atoms with E-state index in [9.17, 15) is 9.59 Å². The van der Waals surface area contributed by atoms with Gasteiger partial charge in [0.25, 0.3) is 5.91 Å². The summed E-state index contributed by atoms with van der Waals surface area (Å²) in [5.41, 5.74) is 2.11. The topological polar surface area (TPSA) is 55.8 Å². The molecular weight excluding hydrogens is 402 g/mol. The lowest BCUT2D eigenvalue weighted by Gasteiger charge is -2.22. The van der Waals surface area contributed by atoms with Crippen LogP contribution in [0.4, 0.5) is 0 Å². The lowest BCUT2D eigenvalue weighted by atomic mass is 9.97. The number of carbonyl (C=O) groups is 2. The summed E-state index contributed by atoms with van der Waals surface area (Å²) in [5.74, 6) is 0.932. The fourth-order valence-corrected chi connectivity index (χ4v) is 3.49. The van der Waals surface area contributed by atoms with E-state index in [0.29, 0.717) is 53.0 Å². The van der Waals surface area contributed by atoms with Crippen LogP contribution in [0.3, 0.4) is 0 Å². The molecule has 5 nitrogen and oxygen atoms in total. The van der Waals surface area contributed by atoms with Crippen LogP contribution in [0.5, 0.6) is 11.5 Å². The van der Waals surface area contributed by atoms with Crippen molar-refractivity contribution in [3.63, 3.8) is 0 Å². The summed E-state index contributed by atoms with van der Waals surface area (Å²) < 4.78 is 11.2. The van der Waals surface area contributed by atoms with Crippen LogP contribution >= 0.6 is 11.6 Å². The number of halogens is 1. The second-order valence-electron chi connectivity index (χ2n) is 7.02. The van der Waals surface area contributed by atoms with E-state index in [4.69, 9.17) is 21.1 Å². The highest BCUT2D eigenvalue weighted by Gasteiger charge is 2.21. The summed E-state index contributed by atoms with van der Waals surface area (Å²) in [6.07, 6.45) is 0. The Morgan fingerprint density at radius 3 is 2.30 bits per heavy atom. The smallest absolute Gasteiger partial charge is 0.254 e. The predicted molar refractivity (Wildman–Crippen MR) is 115 cm³/mol. The molecule has 0 atom stereocenters. The Hall–Kier alpha value is -3.31. The molecule has 3 aromatic carbocycles. The fourth-order valence-electron chi connectivity index (χ4n) is 3.36. The molecule has 3 aromatic rings. The third-order valence-electron chi connectivity index (χ3n) is 4.88. The van der Waals surface area contributed by atoms with Crippen LogP contribution in [0.15, 0.2) is 66.7 Å². The zero-order chi connectivity index (χ0) is 21.1. The number of rotatable bonds is 5. The van der Waals surface area contributed by atoms with Gasteiger partial charge in [-0.2, -0.15) is 0 Å². The number of ketones is 1. The zero-order valence-electron chi connectivity index (χ0n) is 16.4. The maximum Gasteiger partial charge on any atom is 0.254 e. The van der Waals surface area contributed by atoms with E-state index in [2.05, 4.69) is 0 Å². The number of amides is 1. The van der Waals surface area contributed by atoms with Crippen molar-refractivity contribution in [2.45, 2.75) is 6.54 Å². The molecule has 152 valence electrons. The SMILES string of the molecule is CN(Cc1ccc2c(c1)OCCO2)C(=O)c1ccccc1C(=O)c1ccc(Cl)cc1. The maximum atomic E-state index is 13.1. The third-order valence-corrected chi connectivity index (χ3v) is 5.13. The molecule has 0 spiro atoms. The molecule has 1 amide bonds. The van der Waals surface area contributed by atoms with E-state index in [0.717, 1.165) is 5.56 Å². The molecule has 0 saturated carbocycles. The highest BCUT2D eigenvalue weighted by Crippen LogP contribution is 2.31. The average Bonchev–Trinajstić information content (AvgIpc) is 2.78. The monoisotopic (exact) mass is 421 g/mol. The van der Waals surface area contributed by atoms with Gasteiger partial charge in [0.15, 0.2) is 17.3 Å². The van der Waals surface area contributed by atoms with Gasteiger partial charge in [-0.15, -0.1) is 0 Å². The summed E-state index contributed by atoms with van der Waals surface area (Å²) in [4.78, 5) is 27.7. The van der Waals surface area contributed by atoms with Crippen LogP contribution in [0.25, 0.3) is 0 Å². The fraction of sp³-hybridized carbons (Fsp3) is 0.167. The van der Waals surface area contributed by atoms with Gasteiger partial charge in [0, 0.05) is 29.7 Å². The van der Waals surface area contributed by atoms with Crippen molar-refractivity contribution in [3.8, 4) is 11.5 Å². The maximum absolute atomic E-state index is 13.1. The highest BCUT2D eigenvalue weighted by molar-refractivity contribution is 6.30. The van der Waals surface area contributed by atoms with Crippen molar-refractivity contribution in [2.75, 3.05) is 20.3 Å². The van der Waals surface area contributed by atoms with Gasteiger partial charge in [-0.05, 0) is 48.0 Å². The van der Waals surface area contributed by atoms with Gasteiger partial charge >= 0.3 is 0 Å². The minimum atomic E-state index is -0.234. The first-order valence-corrected chi connectivity index (χ1v) is 9.94. The number of hydrogen-bond donors (Lipinski definition) is 0. The van der Waals surface area contributed by atoms with Crippen LogP contribution in [-0.2, 0) is 6.54 Å². The minimum absolute atomic E-state index is 0.219. The van der Waals surface area contributed by atoms with E-state index < -0.39 is 0 Å². The summed E-state index contributed by atoms with van der Waals surface area (Å²) in [5, 5.41) is 0.551. The minimum Gasteiger partial charge on any atom is -0.486 e. The largest absolute Gasteiger partial charge is 0.486 e. The normalized spacial score (nSPS) is 12.3. The molecule has 0 N–H and O–H groups in total. The second kappa shape index (κ2) is 8.59. The van der Waals surface area contributed by atoms with Gasteiger partial charge in [-0.25, -0.2) is 0 Å². The Labute approximate surface area is 179 Å². The first-order chi connectivity index (χ1) is 14.5.